The minimum Gasteiger partial charge on any atom is -0.481 e. The van der Waals surface area contributed by atoms with Gasteiger partial charge in [0, 0.05) is 0 Å². The minimum atomic E-state index is 0.637. The van der Waals surface area contributed by atoms with Crippen molar-refractivity contribution >= 4 is 11.6 Å². The molecule has 0 saturated heterocycles. The predicted octanol–water partition coefficient (Wildman–Crippen LogP) is 3.33. The van der Waals surface area contributed by atoms with Crippen LogP contribution in [0.1, 0.15) is 13.3 Å². The first-order chi connectivity index (χ1) is 6.86. The number of hydrogen-bond donors (Lipinski definition) is 0. The predicted molar refractivity (Wildman–Crippen MR) is 60.0 cm³/mol. The van der Waals surface area contributed by atoms with E-state index in [0.717, 1.165) is 12.1 Å². The molecule has 1 aromatic carbocycles. The number of rotatable bonds is 3. The lowest BCUT2D eigenvalue weighted by Crippen LogP contribution is -1.94. The summed E-state index contributed by atoms with van der Waals surface area (Å²) in [4.78, 5) is 4.32. The maximum atomic E-state index is 5.12. The number of ether oxygens (including phenoxy) is 1. The normalized spacial score (nSPS) is 12.0. The zero-order chi connectivity index (χ0) is 10.2. The highest BCUT2D eigenvalue weighted by molar-refractivity contribution is 5.89. The molecule has 0 spiro atoms. The van der Waals surface area contributed by atoms with Crippen LogP contribution < -0.4 is 0 Å². The molecule has 1 rings (SSSR count). The van der Waals surface area contributed by atoms with Crippen LogP contribution in [0, 0.1) is 0 Å². The molecule has 0 aromatic heterocycles. The molecule has 0 aliphatic rings. The fourth-order valence-electron chi connectivity index (χ4n) is 0.999. The van der Waals surface area contributed by atoms with Crippen LogP contribution in [-0.4, -0.2) is 13.0 Å². The molecule has 0 heterocycles. The molecule has 0 amide bonds. The van der Waals surface area contributed by atoms with Crippen LogP contribution in [0.2, 0.25) is 0 Å². The van der Waals surface area contributed by atoms with Crippen molar-refractivity contribution in [3.63, 3.8) is 0 Å². The number of methoxy groups -OCH3 is 1. The second-order valence-corrected chi connectivity index (χ2v) is 2.80. The maximum absolute atomic E-state index is 5.12. The van der Waals surface area contributed by atoms with Crippen molar-refractivity contribution in [2.75, 3.05) is 7.11 Å². The summed E-state index contributed by atoms with van der Waals surface area (Å²) in [5.74, 6) is 0.637. The monoisotopic (exact) mass is 189 g/mol. The van der Waals surface area contributed by atoms with Crippen molar-refractivity contribution in [1.82, 2.24) is 0 Å². The fraction of sp³-hybridized carbons (Fsp3) is 0.250. The molecule has 74 valence electrons. The summed E-state index contributed by atoms with van der Waals surface area (Å²) in [7, 11) is 1.63. The molecule has 14 heavy (non-hydrogen) atoms. The third-order valence-corrected chi connectivity index (χ3v) is 1.70. The molecular weight excluding hydrogens is 174 g/mol. The molecule has 0 aliphatic carbocycles. The Kier molecular flexibility index (Phi) is 4.48. The van der Waals surface area contributed by atoms with Crippen LogP contribution in [-0.2, 0) is 4.74 Å². The van der Waals surface area contributed by atoms with E-state index in [1.807, 2.05) is 42.5 Å². The Labute approximate surface area is 84.9 Å². The third-order valence-electron chi connectivity index (χ3n) is 1.70. The summed E-state index contributed by atoms with van der Waals surface area (Å²) in [5, 5.41) is 0. The molecule has 0 saturated carbocycles. The summed E-state index contributed by atoms with van der Waals surface area (Å²) >= 11 is 0. The van der Waals surface area contributed by atoms with Gasteiger partial charge in [-0.3, -0.25) is 0 Å². The van der Waals surface area contributed by atoms with Crippen molar-refractivity contribution in [3.8, 4) is 0 Å². The van der Waals surface area contributed by atoms with Crippen molar-refractivity contribution in [3.05, 3.63) is 42.5 Å². The Morgan fingerprint density at radius 1 is 1.36 bits per heavy atom. The van der Waals surface area contributed by atoms with Gasteiger partial charge in [-0.2, -0.15) is 0 Å². The van der Waals surface area contributed by atoms with Crippen molar-refractivity contribution < 1.29 is 4.74 Å². The summed E-state index contributed by atoms with van der Waals surface area (Å²) in [5.41, 5.74) is 0.908. The Balaban J connectivity index is 2.79. The average Bonchev–Trinajstić information content (AvgIpc) is 2.25. The lowest BCUT2D eigenvalue weighted by Gasteiger charge is -1.98. The second-order valence-electron chi connectivity index (χ2n) is 2.80. The quantitative estimate of drug-likeness (QED) is 0.528. The van der Waals surface area contributed by atoms with E-state index >= 15 is 0 Å². The Morgan fingerprint density at radius 3 is 2.64 bits per heavy atom. The largest absolute Gasteiger partial charge is 0.481 e. The van der Waals surface area contributed by atoms with E-state index in [1.165, 1.54) is 0 Å². The molecule has 1 aromatic rings. The van der Waals surface area contributed by atoms with Crippen LogP contribution >= 0.6 is 0 Å². The zero-order valence-electron chi connectivity index (χ0n) is 8.60. The van der Waals surface area contributed by atoms with E-state index < -0.39 is 0 Å². The SMILES string of the molecule is CC/C=C/C(=Nc1ccccc1)OC. The first-order valence-electron chi connectivity index (χ1n) is 4.71. The molecule has 0 radical (unpaired) electrons. The van der Waals surface area contributed by atoms with Crippen LogP contribution in [0.4, 0.5) is 5.69 Å². The number of aliphatic imine (C=N–C) groups is 1. The molecule has 0 N–H and O–H groups in total. The van der Waals surface area contributed by atoms with Crippen LogP contribution in [0.25, 0.3) is 0 Å². The van der Waals surface area contributed by atoms with Gasteiger partial charge in [-0.1, -0.05) is 31.2 Å². The lowest BCUT2D eigenvalue weighted by atomic mass is 10.3. The fourth-order valence-corrected chi connectivity index (χ4v) is 0.999. The summed E-state index contributed by atoms with van der Waals surface area (Å²) in [6.07, 6.45) is 4.88. The summed E-state index contributed by atoms with van der Waals surface area (Å²) in [6.45, 7) is 2.08. The molecular formula is C12H15NO. The van der Waals surface area contributed by atoms with E-state index in [9.17, 15) is 0 Å². The van der Waals surface area contributed by atoms with Gasteiger partial charge in [-0.05, 0) is 24.6 Å². The third kappa shape index (κ3) is 3.44. The number of para-hydroxylation sites is 1. The van der Waals surface area contributed by atoms with Crippen molar-refractivity contribution in [1.29, 1.82) is 0 Å². The van der Waals surface area contributed by atoms with Crippen molar-refractivity contribution in [2.45, 2.75) is 13.3 Å². The summed E-state index contributed by atoms with van der Waals surface area (Å²) in [6, 6.07) is 9.76. The standard InChI is InChI=1S/C12H15NO/c1-3-4-10-12(14-2)13-11-8-6-5-7-9-11/h4-10H,3H2,1-2H3/b10-4+,13-12?. The first kappa shape index (κ1) is 10.5. The Hall–Kier alpha value is -1.57. The molecule has 0 aliphatic heterocycles. The highest BCUT2D eigenvalue weighted by Gasteiger charge is 1.91. The highest BCUT2D eigenvalue weighted by atomic mass is 16.5. The molecule has 2 heteroatoms. The van der Waals surface area contributed by atoms with E-state index in [4.69, 9.17) is 4.74 Å². The highest BCUT2D eigenvalue weighted by Crippen LogP contribution is 2.10. The van der Waals surface area contributed by atoms with Crippen LogP contribution in [0.15, 0.2) is 47.5 Å². The lowest BCUT2D eigenvalue weighted by molar-refractivity contribution is 0.407. The molecule has 0 fully saturated rings. The molecule has 0 bridgehead atoms. The topological polar surface area (TPSA) is 21.6 Å². The smallest absolute Gasteiger partial charge is 0.213 e. The van der Waals surface area contributed by atoms with E-state index in [2.05, 4.69) is 11.9 Å². The van der Waals surface area contributed by atoms with Crippen molar-refractivity contribution in [2.24, 2.45) is 4.99 Å². The molecule has 2 nitrogen and oxygen atoms in total. The maximum Gasteiger partial charge on any atom is 0.213 e. The van der Waals surface area contributed by atoms with E-state index in [1.54, 1.807) is 7.11 Å². The van der Waals surface area contributed by atoms with Crippen LogP contribution in [0.3, 0.4) is 0 Å². The Bertz CT molecular complexity index is 314. The van der Waals surface area contributed by atoms with Gasteiger partial charge in [-0.25, -0.2) is 4.99 Å². The van der Waals surface area contributed by atoms with Gasteiger partial charge in [-0.15, -0.1) is 0 Å². The number of allylic oxidation sites excluding steroid dienone is 1. The van der Waals surface area contributed by atoms with Gasteiger partial charge >= 0.3 is 0 Å². The number of benzene rings is 1. The summed E-state index contributed by atoms with van der Waals surface area (Å²) < 4.78 is 5.12. The van der Waals surface area contributed by atoms with Gasteiger partial charge in [0.25, 0.3) is 0 Å². The van der Waals surface area contributed by atoms with Gasteiger partial charge in [0.1, 0.15) is 0 Å². The number of hydrogen-bond acceptors (Lipinski definition) is 2. The zero-order valence-corrected chi connectivity index (χ0v) is 8.60. The van der Waals surface area contributed by atoms with E-state index in [-0.39, 0.29) is 0 Å². The first-order valence-corrected chi connectivity index (χ1v) is 4.71. The average molecular weight is 189 g/mol. The Morgan fingerprint density at radius 2 is 2.07 bits per heavy atom. The second kappa shape index (κ2) is 5.97. The van der Waals surface area contributed by atoms with E-state index in [0.29, 0.717) is 5.90 Å². The van der Waals surface area contributed by atoms with Gasteiger partial charge < -0.3 is 4.74 Å². The van der Waals surface area contributed by atoms with Gasteiger partial charge in [0.15, 0.2) is 0 Å². The number of nitrogens with zero attached hydrogens (tertiary/aromatic N) is 1. The molecule has 0 unspecified atom stereocenters. The van der Waals surface area contributed by atoms with Crippen LogP contribution in [0.5, 0.6) is 0 Å². The molecule has 0 atom stereocenters. The van der Waals surface area contributed by atoms with Gasteiger partial charge in [0.05, 0.1) is 12.8 Å². The minimum absolute atomic E-state index is 0.637. The van der Waals surface area contributed by atoms with Gasteiger partial charge in [0.2, 0.25) is 5.90 Å².